The summed E-state index contributed by atoms with van der Waals surface area (Å²) in [4.78, 5) is 3.80. The van der Waals surface area contributed by atoms with Crippen LogP contribution in [0.5, 0.6) is 0 Å². The first kappa shape index (κ1) is 11.1. The average molecular weight is 214 g/mol. The van der Waals surface area contributed by atoms with Gasteiger partial charge in [0.2, 0.25) is 0 Å². The minimum absolute atomic E-state index is 0.0378. The molecule has 0 aromatic carbocycles. The highest BCUT2D eigenvalue weighted by Crippen LogP contribution is 2.21. The highest BCUT2D eigenvalue weighted by atomic mass is 32.2. The Bertz CT molecular complexity index is 415. The van der Waals surface area contributed by atoms with E-state index in [0.29, 0.717) is 0 Å². The maximum Gasteiger partial charge on any atom is 0.255 e. The molecule has 0 bridgehead atoms. The Kier molecular flexibility index (Phi) is 2.65. The van der Waals surface area contributed by atoms with E-state index in [0.717, 1.165) is 5.56 Å². The molecule has 1 heterocycles. The average Bonchev–Trinajstić information content (AvgIpc) is 2.01. The molecule has 0 atom stereocenters. The Labute approximate surface area is 84.2 Å². The van der Waals surface area contributed by atoms with E-state index in [-0.39, 0.29) is 10.4 Å². The van der Waals surface area contributed by atoms with Crippen molar-refractivity contribution in [1.29, 1.82) is 0 Å². The molecule has 0 fully saturated rings. The Morgan fingerprint density at radius 3 is 2.14 bits per heavy atom. The molecule has 0 unspecified atom stereocenters. The highest BCUT2D eigenvalue weighted by Gasteiger charge is 2.15. The molecule has 1 aromatic rings. The molecule has 1 aromatic heterocycles. The van der Waals surface area contributed by atoms with Crippen molar-refractivity contribution in [2.24, 2.45) is 5.14 Å². The minimum Gasteiger partial charge on any atom is -0.243 e. The number of hydrogen-bond donors (Lipinski definition) is 1. The third kappa shape index (κ3) is 2.52. The number of aromatic nitrogens is 1. The normalized spacial score (nSPS) is 12.9. The summed E-state index contributed by atoms with van der Waals surface area (Å²) in [6.07, 6.45) is 1.54. The lowest BCUT2D eigenvalue weighted by Crippen LogP contribution is -2.16. The molecule has 0 aliphatic heterocycles. The summed E-state index contributed by atoms with van der Waals surface area (Å²) in [6, 6.07) is 3.16. The molecule has 0 spiro atoms. The maximum atomic E-state index is 10.9. The van der Waals surface area contributed by atoms with Crippen LogP contribution in [0.1, 0.15) is 26.3 Å². The molecular formula is C9H14N2O2S. The standard InChI is InChI=1S/C9H14N2O2S/c1-9(2,3)7-4-5-8(11-6-7)14(10,12)13/h4-6H,1-3H3,(H2,10,12,13). The SMILES string of the molecule is CC(C)(C)c1ccc(S(N)(=O)=O)nc1. The van der Waals surface area contributed by atoms with Crippen molar-refractivity contribution < 1.29 is 8.42 Å². The van der Waals surface area contributed by atoms with Crippen LogP contribution in [-0.2, 0) is 15.4 Å². The zero-order valence-electron chi connectivity index (χ0n) is 8.48. The van der Waals surface area contributed by atoms with Crippen LogP contribution >= 0.6 is 0 Å². The smallest absolute Gasteiger partial charge is 0.243 e. The summed E-state index contributed by atoms with van der Waals surface area (Å²) >= 11 is 0. The van der Waals surface area contributed by atoms with E-state index in [2.05, 4.69) is 4.98 Å². The summed E-state index contributed by atoms with van der Waals surface area (Å²) in [5.74, 6) is 0. The summed E-state index contributed by atoms with van der Waals surface area (Å²) < 4.78 is 21.8. The van der Waals surface area contributed by atoms with Gasteiger partial charge in [0.1, 0.15) is 0 Å². The van der Waals surface area contributed by atoms with Crippen LogP contribution in [0.4, 0.5) is 0 Å². The fourth-order valence-electron chi connectivity index (χ4n) is 0.992. The predicted octanol–water partition coefficient (Wildman–Crippen LogP) is 1.03. The van der Waals surface area contributed by atoms with E-state index in [1.165, 1.54) is 6.07 Å². The van der Waals surface area contributed by atoms with Gasteiger partial charge in [-0.15, -0.1) is 0 Å². The van der Waals surface area contributed by atoms with Gasteiger partial charge in [0, 0.05) is 6.20 Å². The van der Waals surface area contributed by atoms with E-state index in [9.17, 15) is 8.42 Å². The van der Waals surface area contributed by atoms with Gasteiger partial charge in [-0.1, -0.05) is 26.8 Å². The van der Waals surface area contributed by atoms with Gasteiger partial charge in [-0.3, -0.25) is 0 Å². The first-order chi connectivity index (χ1) is 6.21. The van der Waals surface area contributed by atoms with Crippen molar-refractivity contribution in [3.8, 4) is 0 Å². The molecule has 0 aliphatic carbocycles. The second-order valence-electron chi connectivity index (χ2n) is 4.18. The van der Waals surface area contributed by atoms with E-state index < -0.39 is 10.0 Å². The fourth-order valence-corrected chi connectivity index (χ4v) is 1.45. The Balaban J connectivity index is 3.14. The van der Waals surface area contributed by atoms with Gasteiger partial charge in [0.05, 0.1) is 0 Å². The van der Waals surface area contributed by atoms with Crippen LogP contribution in [0.25, 0.3) is 0 Å². The number of pyridine rings is 1. The second-order valence-corrected chi connectivity index (χ2v) is 5.69. The lowest BCUT2D eigenvalue weighted by molar-refractivity contribution is 0.580. The van der Waals surface area contributed by atoms with E-state index >= 15 is 0 Å². The summed E-state index contributed by atoms with van der Waals surface area (Å²) in [6.45, 7) is 6.09. The first-order valence-corrected chi connectivity index (χ1v) is 5.75. The third-order valence-corrected chi connectivity index (χ3v) is 2.72. The van der Waals surface area contributed by atoms with Crippen molar-refractivity contribution >= 4 is 10.0 Å². The highest BCUT2D eigenvalue weighted by molar-refractivity contribution is 7.89. The van der Waals surface area contributed by atoms with Crippen LogP contribution in [-0.4, -0.2) is 13.4 Å². The van der Waals surface area contributed by atoms with E-state index in [4.69, 9.17) is 5.14 Å². The lowest BCUT2D eigenvalue weighted by Gasteiger charge is -2.18. The van der Waals surface area contributed by atoms with Gasteiger partial charge >= 0.3 is 0 Å². The Morgan fingerprint density at radius 2 is 1.86 bits per heavy atom. The van der Waals surface area contributed by atoms with Gasteiger partial charge < -0.3 is 0 Å². The van der Waals surface area contributed by atoms with Crippen LogP contribution in [0, 0.1) is 0 Å². The van der Waals surface area contributed by atoms with Gasteiger partial charge in [-0.25, -0.2) is 18.5 Å². The maximum absolute atomic E-state index is 10.9. The zero-order valence-corrected chi connectivity index (χ0v) is 9.30. The quantitative estimate of drug-likeness (QED) is 0.758. The number of rotatable bonds is 1. The summed E-state index contributed by atoms with van der Waals surface area (Å²) in [5.41, 5.74) is 0.939. The molecular weight excluding hydrogens is 200 g/mol. The first-order valence-electron chi connectivity index (χ1n) is 4.20. The molecule has 14 heavy (non-hydrogen) atoms. The molecule has 4 nitrogen and oxygen atoms in total. The number of nitrogens with zero attached hydrogens (tertiary/aromatic N) is 1. The Hall–Kier alpha value is -0.940. The van der Waals surface area contributed by atoms with Crippen molar-refractivity contribution in [1.82, 2.24) is 4.98 Å². The van der Waals surface area contributed by atoms with Gasteiger partial charge in [0.25, 0.3) is 10.0 Å². The van der Waals surface area contributed by atoms with Gasteiger partial charge in [-0.05, 0) is 17.0 Å². The largest absolute Gasteiger partial charge is 0.255 e. The summed E-state index contributed by atoms with van der Waals surface area (Å²) in [5, 5.41) is 4.83. The number of sulfonamides is 1. The monoisotopic (exact) mass is 214 g/mol. The summed E-state index contributed by atoms with van der Waals surface area (Å²) in [7, 11) is -3.68. The Morgan fingerprint density at radius 1 is 1.29 bits per heavy atom. The van der Waals surface area contributed by atoms with E-state index in [1.807, 2.05) is 20.8 Å². The number of hydrogen-bond acceptors (Lipinski definition) is 3. The van der Waals surface area contributed by atoms with Crippen molar-refractivity contribution in [2.45, 2.75) is 31.2 Å². The van der Waals surface area contributed by atoms with Crippen LogP contribution < -0.4 is 5.14 Å². The van der Waals surface area contributed by atoms with Gasteiger partial charge in [-0.2, -0.15) is 0 Å². The van der Waals surface area contributed by atoms with Crippen LogP contribution in [0.2, 0.25) is 0 Å². The number of nitrogens with two attached hydrogens (primary N) is 1. The third-order valence-electron chi connectivity index (χ3n) is 1.89. The lowest BCUT2D eigenvalue weighted by atomic mass is 9.88. The molecule has 0 saturated heterocycles. The molecule has 1 rings (SSSR count). The second kappa shape index (κ2) is 3.33. The number of primary sulfonamides is 1. The molecule has 0 radical (unpaired) electrons. The zero-order chi connectivity index (χ0) is 11.0. The van der Waals surface area contributed by atoms with Crippen LogP contribution in [0.15, 0.2) is 23.4 Å². The molecule has 78 valence electrons. The molecule has 0 aliphatic rings. The molecule has 2 N–H and O–H groups in total. The molecule has 5 heteroatoms. The molecule has 0 saturated carbocycles. The minimum atomic E-state index is -3.68. The van der Waals surface area contributed by atoms with Crippen molar-refractivity contribution in [2.75, 3.05) is 0 Å². The van der Waals surface area contributed by atoms with Gasteiger partial charge in [0.15, 0.2) is 5.03 Å². The topological polar surface area (TPSA) is 73.1 Å². The van der Waals surface area contributed by atoms with Crippen molar-refractivity contribution in [3.63, 3.8) is 0 Å². The molecule has 0 amide bonds. The van der Waals surface area contributed by atoms with Crippen LogP contribution in [0.3, 0.4) is 0 Å². The van der Waals surface area contributed by atoms with E-state index in [1.54, 1.807) is 12.3 Å². The fraction of sp³-hybridized carbons (Fsp3) is 0.444. The predicted molar refractivity (Wildman–Crippen MR) is 54.3 cm³/mol. The van der Waals surface area contributed by atoms with Crippen molar-refractivity contribution in [3.05, 3.63) is 23.9 Å².